The SMILES string of the molecule is Nc1nc(N)nc(N)n1.O=S(=O)(O)O.[AlH3]. The number of anilines is 3. The molecule has 0 aromatic carbocycles. The van der Waals surface area contributed by atoms with Crippen LogP contribution in [0.15, 0.2) is 0 Å². The summed E-state index contributed by atoms with van der Waals surface area (Å²) in [5.74, 6) is 0.125. The zero-order valence-electron chi connectivity index (χ0n) is 6.69. The predicted octanol–water partition coefficient (Wildman–Crippen LogP) is -3.22. The second-order valence-corrected chi connectivity index (χ2v) is 2.75. The molecule has 0 fully saturated rings. The zero-order chi connectivity index (χ0) is 11.4. The van der Waals surface area contributed by atoms with E-state index < -0.39 is 10.4 Å². The van der Waals surface area contributed by atoms with Crippen LogP contribution >= 0.6 is 0 Å². The number of hydrogen-bond acceptors (Lipinski definition) is 8. The fourth-order valence-corrected chi connectivity index (χ4v) is 0.427. The fourth-order valence-electron chi connectivity index (χ4n) is 0.427. The van der Waals surface area contributed by atoms with Crippen molar-refractivity contribution in [2.45, 2.75) is 0 Å². The normalized spacial score (nSPS) is 9.47. The van der Waals surface area contributed by atoms with Gasteiger partial charge >= 0.3 is 10.4 Å². The molecule has 0 atom stereocenters. The first kappa shape index (κ1) is 16.3. The van der Waals surface area contributed by atoms with Gasteiger partial charge in [0, 0.05) is 0 Å². The lowest BCUT2D eigenvalue weighted by atomic mass is 10.9. The molecule has 1 aromatic heterocycles. The maximum absolute atomic E-state index is 8.74. The highest BCUT2D eigenvalue weighted by atomic mass is 32.3. The Hall–Kier alpha value is -1.19. The first-order valence-corrected chi connectivity index (χ1v) is 4.30. The molecule has 1 aromatic rings. The third-order valence-electron chi connectivity index (χ3n) is 0.687. The van der Waals surface area contributed by atoms with E-state index in [0.29, 0.717) is 0 Å². The lowest BCUT2D eigenvalue weighted by molar-refractivity contribution is 0.381. The van der Waals surface area contributed by atoms with E-state index in [2.05, 4.69) is 15.0 Å². The highest BCUT2D eigenvalue weighted by Gasteiger charge is 1.93. The molecule has 0 unspecified atom stereocenters. The minimum absolute atomic E-state index is 0. The van der Waals surface area contributed by atoms with Crippen LogP contribution in [0.4, 0.5) is 17.8 Å². The van der Waals surface area contributed by atoms with E-state index in [0.717, 1.165) is 0 Å². The van der Waals surface area contributed by atoms with Crippen LogP contribution in [0.1, 0.15) is 0 Å². The van der Waals surface area contributed by atoms with Gasteiger partial charge in [0.2, 0.25) is 17.8 Å². The molecule has 0 radical (unpaired) electrons. The average Bonchev–Trinajstić information content (AvgIpc) is 1.77. The summed E-state index contributed by atoms with van der Waals surface area (Å²) in [4.78, 5) is 10.5. The van der Waals surface area contributed by atoms with Crippen LogP contribution in [0, 0.1) is 0 Å². The Balaban J connectivity index is 0. The highest BCUT2D eigenvalue weighted by Crippen LogP contribution is 1.97. The van der Waals surface area contributed by atoms with Crippen LogP contribution < -0.4 is 17.2 Å². The molecule has 0 aliphatic rings. The number of nitrogens with two attached hydrogens (primary N) is 3. The molecule has 8 N–H and O–H groups in total. The second kappa shape index (κ2) is 6.32. The minimum Gasteiger partial charge on any atom is -0.368 e. The molecule has 1 heterocycles. The van der Waals surface area contributed by atoms with E-state index in [1.54, 1.807) is 0 Å². The van der Waals surface area contributed by atoms with Crippen molar-refractivity contribution < 1.29 is 17.5 Å². The Morgan fingerprint density at radius 1 is 0.867 bits per heavy atom. The summed E-state index contributed by atoms with van der Waals surface area (Å²) in [6.45, 7) is 0. The molecule has 12 heteroatoms. The van der Waals surface area contributed by atoms with Crippen LogP contribution in [-0.4, -0.2) is 49.8 Å². The van der Waals surface area contributed by atoms with Gasteiger partial charge in [-0.05, 0) is 0 Å². The Labute approximate surface area is 95.6 Å². The first-order valence-electron chi connectivity index (χ1n) is 2.91. The summed E-state index contributed by atoms with van der Waals surface area (Å²) >= 11 is 0. The number of rotatable bonds is 0. The van der Waals surface area contributed by atoms with Gasteiger partial charge in [-0.2, -0.15) is 23.4 Å². The molecule has 86 valence electrons. The van der Waals surface area contributed by atoms with Crippen molar-refractivity contribution in [1.82, 2.24) is 15.0 Å². The molecule has 0 aliphatic carbocycles. The van der Waals surface area contributed by atoms with Crippen molar-refractivity contribution in [3.8, 4) is 0 Å². The Morgan fingerprint density at radius 3 is 1.13 bits per heavy atom. The fraction of sp³-hybridized carbons (Fsp3) is 0. The van der Waals surface area contributed by atoms with Gasteiger partial charge in [0.25, 0.3) is 0 Å². The van der Waals surface area contributed by atoms with Crippen LogP contribution in [0.25, 0.3) is 0 Å². The lowest BCUT2D eigenvalue weighted by Crippen LogP contribution is -2.05. The topological polar surface area (TPSA) is 191 Å². The predicted molar refractivity (Wildman–Crippen MR) is 57.2 cm³/mol. The third kappa shape index (κ3) is 12.8. The second-order valence-electron chi connectivity index (χ2n) is 1.86. The molecule has 1 rings (SSSR count). The van der Waals surface area contributed by atoms with Crippen molar-refractivity contribution in [1.29, 1.82) is 0 Å². The van der Waals surface area contributed by atoms with E-state index in [1.165, 1.54) is 0 Å². The van der Waals surface area contributed by atoms with Crippen LogP contribution in [0.5, 0.6) is 0 Å². The summed E-state index contributed by atoms with van der Waals surface area (Å²) in [6, 6.07) is 0. The largest absolute Gasteiger partial charge is 0.394 e. The van der Waals surface area contributed by atoms with Gasteiger partial charge < -0.3 is 17.2 Å². The minimum atomic E-state index is -4.67. The molecular formula is C3H11AlN6O4S. The Morgan fingerprint density at radius 2 is 1.00 bits per heavy atom. The van der Waals surface area contributed by atoms with Crippen LogP contribution in [0.2, 0.25) is 0 Å². The van der Waals surface area contributed by atoms with E-state index in [9.17, 15) is 0 Å². The summed E-state index contributed by atoms with van der Waals surface area (Å²) < 4.78 is 31.6. The van der Waals surface area contributed by atoms with Gasteiger partial charge in [0.05, 0.1) is 0 Å². The molecule has 0 bridgehead atoms. The lowest BCUT2D eigenvalue weighted by Gasteiger charge is -1.93. The maximum atomic E-state index is 8.74. The molecule has 0 aliphatic heterocycles. The van der Waals surface area contributed by atoms with Crippen molar-refractivity contribution in [3.05, 3.63) is 0 Å². The van der Waals surface area contributed by atoms with Crippen LogP contribution in [-0.2, 0) is 10.4 Å². The highest BCUT2D eigenvalue weighted by molar-refractivity contribution is 7.79. The van der Waals surface area contributed by atoms with Crippen molar-refractivity contribution in [3.63, 3.8) is 0 Å². The molecular weight excluding hydrogens is 243 g/mol. The average molecular weight is 254 g/mol. The molecule has 0 spiro atoms. The van der Waals surface area contributed by atoms with Gasteiger partial charge in [-0.15, -0.1) is 0 Å². The van der Waals surface area contributed by atoms with E-state index >= 15 is 0 Å². The van der Waals surface area contributed by atoms with Gasteiger partial charge in [-0.3, -0.25) is 9.11 Å². The molecule has 0 amide bonds. The van der Waals surface area contributed by atoms with Crippen molar-refractivity contribution in [2.24, 2.45) is 0 Å². The molecule has 0 saturated heterocycles. The number of nitrogen functional groups attached to an aromatic ring is 3. The summed E-state index contributed by atoms with van der Waals surface area (Å²) in [7, 11) is -4.67. The van der Waals surface area contributed by atoms with E-state index in [1.807, 2.05) is 0 Å². The van der Waals surface area contributed by atoms with Crippen molar-refractivity contribution in [2.75, 3.05) is 17.2 Å². The quantitative estimate of drug-likeness (QED) is 0.232. The zero-order valence-corrected chi connectivity index (χ0v) is 7.51. The van der Waals surface area contributed by atoms with Gasteiger partial charge in [-0.25, -0.2) is 0 Å². The summed E-state index contributed by atoms with van der Waals surface area (Å²) in [5.41, 5.74) is 15.4. The van der Waals surface area contributed by atoms with E-state index in [-0.39, 0.29) is 35.2 Å². The third-order valence-corrected chi connectivity index (χ3v) is 0.687. The summed E-state index contributed by atoms with van der Waals surface area (Å²) in [5, 5.41) is 0. The molecule has 15 heavy (non-hydrogen) atoms. The Kier molecular flexibility index (Phi) is 6.85. The smallest absolute Gasteiger partial charge is 0.368 e. The summed E-state index contributed by atoms with van der Waals surface area (Å²) in [6.07, 6.45) is 0. The number of nitrogens with zero attached hydrogens (tertiary/aromatic N) is 3. The number of hydrogen-bond donors (Lipinski definition) is 5. The standard InChI is InChI=1S/C3H6N6.Al.H2O4S.3H/c4-1-7-2(5)9-3(6)8-1;;1-5(2,3)4;;;/h(H6,4,5,6,7,8,9);;(H2,1,2,3,4);;;. The number of aromatic nitrogens is 3. The maximum Gasteiger partial charge on any atom is 0.394 e. The molecule has 0 saturated carbocycles. The van der Waals surface area contributed by atoms with E-state index in [4.69, 9.17) is 34.7 Å². The van der Waals surface area contributed by atoms with Gasteiger partial charge in [0.15, 0.2) is 17.4 Å². The molecule has 10 nitrogen and oxygen atoms in total. The first-order chi connectivity index (χ1) is 6.18. The Bertz CT molecular complexity index is 350. The van der Waals surface area contributed by atoms with Crippen molar-refractivity contribution >= 4 is 45.6 Å². The van der Waals surface area contributed by atoms with Crippen LogP contribution in [0.3, 0.4) is 0 Å². The van der Waals surface area contributed by atoms with Gasteiger partial charge in [-0.1, -0.05) is 0 Å². The monoisotopic (exact) mass is 254 g/mol. The van der Waals surface area contributed by atoms with Gasteiger partial charge in [0.1, 0.15) is 0 Å².